The molecule has 142 valence electrons. The van der Waals surface area contributed by atoms with E-state index in [4.69, 9.17) is 14.6 Å². The smallest absolute Gasteiger partial charge is 0.475 e. The number of benzene rings is 1. The molecule has 1 heterocycles. The molecule has 2 rings (SSSR count). The predicted molar refractivity (Wildman–Crippen MR) is 75.9 cm³/mol. The number of halogens is 6. The molecule has 0 aliphatic carbocycles. The molecule has 2 unspecified atom stereocenters. The number of carbonyl (C=O) groups is 1. The molecule has 1 aliphatic rings. The maximum absolute atomic E-state index is 12.7. The summed E-state index contributed by atoms with van der Waals surface area (Å²) in [5, 5.41) is 10.3. The summed E-state index contributed by atoms with van der Waals surface area (Å²) in [4.78, 5) is 8.90. The van der Waals surface area contributed by atoms with E-state index < -0.39 is 23.9 Å². The third kappa shape index (κ3) is 6.54. The molecule has 0 bridgehead atoms. The average molecular weight is 373 g/mol. The van der Waals surface area contributed by atoms with E-state index in [0.717, 1.165) is 6.54 Å². The van der Waals surface area contributed by atoms with Gasteiger partial charge in [0.05, 0.1) is 18.3 Å². The second-order valence-electron chi connectivity index (χ2n) is 5.50. The van der Waals surface area contributed by atoms with Gasteiger partial charge in [0, 0.05) is 12.6 Å². The zero-order chi connectivity index (χ0) is 19.4. The first-order valence-electron chi connectivity index (χ1n) is 7.14. The van der Waals surface area contributed by atoms with Gasteiger partial charge < -0.3 is 15.2 Å². The van der Waals surface area contributed by atoms with Crippen LogP contribution in [0.3, 0.4) is 0 Å². The van der Waals surface area contributed by atoms with Gasteiger partial charge in [-0.1, -0.05) is 12.1 Å². The van der Waals surface area contributed by atoms with Gasteiger partial charge in [0.25, 0.3) is 0 Å². The van der Waals surface area contributed by atoms with Crippen molar-refractivity contribution >= 4 is 5.97 Å². The fourth-order valence-corrected chi connectivity index (χ4v) is 1.92. The number of rotatable bonds is 3. The van der Waals surface area contributed by atoms with E-state index >= 15 is 0 Å². The average Bonchev–Trinajstić information content (AvgIpc) is 2.46. The molecule has 0 aromatic heterocycles. The van der Waals surface area contributed by atoms with Gasteiger partial charge in [-0.05, 0) is 31.0 Å². The Morgan fingerprint density at radius 2 is 1.84 bits per heavy atom. The number of hydrogen-bond donors (Lipinski definition) is 2. The Bertz CT molecular complexity index is 600. The summed E-state index contributed by atoms with van der Waals surface area (Å²) in [6.07, 6.45) is -9.29. The molecule has 0 saturated carbocycles. The Balaban J connectivity index is 0.000000381. The fraction of sp³-hybridized carbons (Fsp3) is 0.533. The van der Waals surface area contributed by atoms with Gasteiger partial charge in [-0.2, -0.15) is 26.3 Å². The van der Waals surface area contributed by atoms with Crippen LogP contribution in [-0.2, 0) is 22.3 Å². The lowest BCUT2D eigenvalue weighted by Crippen LogP contribution is -2.56. The topological polar surface area (TPSA) is 58.6 Å². The van der Waals surface area contributed by atoms with Crippen LogP contribution in [0.15, 0.2) is 18.2 Å². The second kappa shape index (κ2) is 8.05. The van der Waals surface area contributed by atoms with Crippen LogP contribution in [0.1, 0.15) is 23.6 Å². The molecule has 0 spiro atoms. The van der Waals surface area contributed by atoms with E-state index in [1.165, 1.54) is 19.1 Å². The largest absolute Gasteiger partial charge is 0.490 e. The molecule has 0 amide bonds. The summed E-state index contributed by atoms with van der Waals surface area (Å²) >= 11 is 0. The lowest BCUT2D eigenvalue weighted by atomic mass is 10.0. The van der Waals surface area contributed by atoms with Crippen LogP contribution in [0.2, 0.25) is 0 Å². The molecule has 0 radical (unpaired) electrons. The van der Waals surface area contributed by atoms with Crippen molar-refractivity contribution in [3.05, 3.63) is 34.9 Å². The zero-order valence-corrected chi connectivity index (χ0v) is 13.3. The normalized spacial score (nSPS) is 20.3. The van der Waals surface area contributed by atoms with Gasteiger partial charge >= 0.3 is 18.3 Å². The quantitative estimate of drug-likeness (QED) is 0.796. The summed E-state index contributed by atoms with van der Waals surface area (Å²) < 4.78 is 75.4. The summed E-state index contributed by atoms with van der Waals surface area (Å²) in [6.45, 7) is 4.44. The molecular weight excluding hydrogens is 356 g/mol. The van der Waals surface area contributed by atoms with Crippen LogP contribution >= 0.6 is 0 Å². The second-order valence-corrected chi connectivity index (χ2v) is 5.50. The number of nitrogens with one attached hydrogen (secondary N) is 1. The first-order chi connectivity index (χ1) is 11.3. The lowest BCUT2D eigenvalue weighted by Gasteiger charge is -2.35. The summed E-state index contributed by atoms with van der Waals surface area (Å²) in [5.74, 6) is -2.76. The Labute approximate surface area is 139 Å². The number of hydrogen-bond acceptors (Lipinski definition) is 3. The van der Waals surface area contributed by atoms with Crippen molar-refractivity contribution in [2.24, 2.45) is 0 Å². The van der Waals surface area contributed by atoms with Crippen LogP contribution in [0.4, 0.5) is 26.3 Å². The Morgan fingerprint density at radius 1 is 1.28 bits per heavy atom. The minimum Gasteiger partial charge on any atom is -0.475 e. The molecule has 1 aromatic rings. The van der Waals surface area contributed by atoms with Crippen LogP contribution < -0.4 is 5.32 Å². The van der Waals surface area contributed by atoms with Gasteiger partial charge in [0.2, 0.25) is 0 Å². The summed E-state index contributed by atoms with van der Waals surface area (Å²) in [7, 11) is 0. The number of aryl methyl sites for hydroxylation is 1. The Kier molecular flexibility index (Phi) is 6.83. The van der Waals surface area contributed by atoms with E-state index in [-0.39, 0.29) is 24.3 Å². The Hall–Kier alpha value is -1.81. The van der Waals surface area contributed by atoms with Crippen LogP contribution in [0, 0.1) is 6.92 Å². The van der Waals surface area contributed by atoms with Crippen molar-refractivity contribution in [2.45, 2.75) is 45.0 Å². The van der Waals surface area contributed by atoms with Gasteiger partial charge in [-0.15, -0.1) is 0 Å². The molecule has 10 heteroatoms. The molecule has 25 heavy (non-hydrogen) atoms. The van der Waals surface area contributed by atoms with E-state index in [9.17, 15) is 26.3 Å². The SMILES string of the molecule is Cc1ccc(COC2CNC2C)cc1C(F)(F)F.O=C(O)C(F)(F)F. The number of aliphatic carboxylic acids is 1. The van der Waals surface area contributed by atoms with E-state index in [2.05, 4.69) is 5.32 Å². The first kappa shape index (κ1) is 21.2. The minimum atomic E-state index is -5.08. The highest BCUT2D eigenvalue weighted by atomic mass is 19.4. The third-order valence-corrected chi connectivity index (χ3v) is 3.51. The van der Waals surface area contributed by atoms with Crippen molar-refractivity contribution < 1.29 is 41.0 Å². The van der Waals surface area contributed by atoms with Crippen LogP contribution in [-0.4, -0.2) is 35.9 Å². The van der Waals surface area contributed by atoms with Crippen molar-refractivity contribution in [3.8, 4) is 0 Å². The van der Waals surface area contributed by atoms with Crippen molar-refractivity contribution in [1.29, 1.82) is 0 Å². The molecule has 1 fully saturated rings. The highest BCUT2D eigenvalue weighted by molar-refractivity contribution is 5.73. The van der Waals surface area contributed by atoms with Crippen LogP contribution in [0.25, 0.3) is 0 Å². The lowest BCUT2D eigenvalue weighted by molar-refractivity contribution is -0.192. The highest BCUT2D eigenvalue weighted by Crippen LogP contribution is 2.32. The van der Waals surface area contributed by atoms with E-state index in [1.807, 2.05) is 6.92 Å². The highest BCUT2D eigenvalue weighted by Gasteiger charge is 2.38. The number of carboxylic acid groups (broad SMARTS) is 1. The predicted octanol–water partition coefficient (Wildman–Crippen LogP) is 3.52. The van der Waals surface area contributed by atoms with Crippen molar-refractivity contribution in [2.75, 3.05) is 6.54 Å². The van der Waals surface area contributed by atoms with E-state index in [0.29, 0.717) is 5.56 Å². The van der Waals surface area contributed by atoms with Gasteiger partial charge in [-0.3, -0.25) is 0 Å². The van der Waals surface area contributed by atoms with Gasteiger partial charge in [0.1, 0.15) is 0 Å². The van der Waals surface area contributed by atoms with Crippen molar-refractivity contribution in [3.63, 3.8) is 0 Å². The number of ether oxygens (including phenoxy) is 1. The first-order valence-corrected chi connectivity index (χ1v) is 7.14. The third-order valence-electron chi connectivity index (χ3n) is 3.51. The monoisotopic (exact) mass is 373 g/mol. The molecule has 2 N–H and O–H groups in total. The van der Waals surface area contributed by atoms with Crippen LogP contribution in [0.5, 0.6) is 0 Å². The van der Waals surface area contributed by atoms with Gasteiger partial charge in [-0.25, -0.2) is 4.79 Å². The molecule has 1 aliphatic heterocycles. The van der Waals surface area contributed by atoms with Crippen molar-refractivity contribution in [1.82, 2.24) is 5.32 Å². The fourth-order valence-electron chi connectivity index (χ4n) is 1.92. The number of carboxylic acids is 1. The maximum atomic E-state index is 12.7. The maximum Gasteiger partial charge on any atom is 0.490 e. The number of alkyl halides is 6. The van der Waals surface area contributed by atoms with Gasteiger partial charge in [0.15, 0.2) is 0 Å². The zero-order valence-electron chi connectivity index (χ0n) is 13.3. The molecule has 1 saturated heterocycles. The van der Waals surface area contributed by atoms with E-state index in [1.54, 1.807) is 6.07 Å². The summed E-state index contributed by atoms with van der Waals surface area (Å²) in [5.41, 5.74) is 0.223. The molecular formula is C15H17F6NO3. The molecule has 1 aromatic carbocycles. The Morgan fingerprint density at radius 3 is 2.20 bits per heavy atom. The molecule has 2 atom stereocenters. The molecule has 4 nitrogen and oxygen atoms in total. The minimum absolute atomic E-state index is 0.0978. The summed E-state index contributed by atoms with van der Waals surface area (Å²) in [6, 6.07) is 4.62. The standard InChI is InChI=1S/C13H16F3NO.C2HF3O2/c1-8-3-4-10(5-11(8)13(14,15)16)7-18-12-6-17-9(12)2;3-2(4,5)1(6)7/h3-5,9,12,17H,6-7H2,1-2H3;(H,6,7).